The summed E-state index contributed by atoms with van der Waals surface area (Å²) in [5.74, 6) is 0. The standard InChI is InChI=1S/C14H27N3O3/c1-14(2,3)20-13(19)17-9-11(12(18)10-17)16-7-5-15(4)6-8-16/h11-12,18H,5-10H2,1-4H3/t11-,12-/m1/s1. The van der Waals surface area contributed by atoms with Crippen LogP contribution in [0.1, 0.15) is 20.8 Å². The SMILES string of the molecule is CN1CCN([C@@H]2CN(C(=O)OC(C)(C)C)C[C@H]2O)CC1. The maximum Gasteiger partial charge on any atom is 0.410 e. The molecular weight excluding hydrogens is 258 g/mol. The molecule has 6 nitrogen and oxygen atoms in total. The van der Waals surface area contributed by atoms with Crippen LogP contribution in [-0.2, 0) is 4.74 Å². The molecule has 0 aromatic carbocycles. The zero-order valence-corrected chi connectivity index (χ0v) is 13.0. The molecule has 2 heterocycles. The van der Waals surface area contributed by atoms with Crippen LogP contribution in [0.2, 0.25) is 0 Å². The van der Waals surface area contributed by atoms with Crippen LogP contribution in [0.5, 0.6) is 0 Å². The quantitative estimate of drug-likeness (QED) is 0.746. The summed E-state index contributed by atoms with van der Waals surface area (Å²) < 4.78 is 5.37. The molecule has 0 aromatic heterocycles. The van der Waals surface area contributed by atoms with Crippen molar-refractivity contribution in [3.63, 3.8) is 0 Å². The average molecular weight is 285 g/mol. The molecule has 116 valence electrons. The second-order valence-corrected chi connectivity index (χ2v) is 6.86. The van der Waals surface area contributed by atoms with Gasteiger partial charge in [0.2, 0.25) is 0 Å². The van der Waals surface area contributed by atoms with E-state index in [2.05, 4.69) is 16.8 Å². The van der Waals surface area contributed by atoms with E-state index in [4.69, 9.17) is 4.74 Å². The van der Waals surface area contributed by atoms with Crippen LogP contribution >= 0.6 is 0 Å². The first-order valence-corrected chi connectivity index (χ1v) is 7.35. The van der Waals surface area contributed by atoms with E-state index in [1.807, 2.05) is 20.8 Å². The number of aliphatic hydroxyl groups excluding tert-OH is 1. The van der Waals surface area contributed by atoms with Crippen molar-refractivity contribution in [2.75, 3.05) is 46.3 Å². The Bertz CT molecular complexity index is 348. The molecule has 1 N–H and O–H groups in total. The van der Waals surface area contributed by atoms with Gasteiger partial charge in [-0.2, -0.15) is 0 Å². The number of amides is 1. The molecule has 0 saturated carbocycles. The van der Waals surface area contributed by atoms with Crippen molar-refractivity contribution < 1.29 is 14.6 Å². The van der Waals surface area contributed by atoms with Crippen molar-refractivity contribution in [3.05, 3.63) is 0 Å². The minimum absolute atomic E-state index is 0.0382. The highest BCUT2D eigenvalue weighted by Gasteiger charge is 2.39. The Morgan fingerprint density at radius 3 is 2.30 bits per heavy atom. The summed E-state index contributed by atoms with van der Waals surface area (Å²) >= 11 is 0. The molecule has 20 heavy (non-hydrogen) atoms. The van der Waals surface area contributed by atoms with Crippen LogP contribution < -0.4 is 0 Å². The number of β-amino-alcohol motifs (C(OH)–C–C–N with tert-alkyl or cyclic N) is 1. The fraction of sp³-hybridized carbons (Fsp3) is 0.929. The minimum atomic E-state index is -0.492. The molecule has 0 radical (unpaired) electrons. The van der Waals surface area contributed by atoms with Crippen LogP contribution in [0.15, 0.2) is 0 Å². The largest absolute Gasteiger partial charge is 0.444 e. The Morgan fingerprint density at radius 1 is 1.15 bits per heavy atom. The fourth-order valence-electron chi connectivity index (χ4n) is 2.76. The van der Waals surface area contributed by atoms with E-state index in [0.717, 1.165) is 26.2 Å². The summed E-state index contributed by atoms with van der Waals surface area (Å²) in [7, 11) is 2.11. The van der Waals surface area contributed by atoms with Gasteiger partial charge < -0.3 is 19.6 Å². The van der Waals surface area contributed by atoms with Gasteiger partial charge >= 0.3 is 6.09 Å². The molecule has 2 saturated heterocycles. The third-order valence-electron chi connectivity index (χ3n) is 3.92. The van der Waals surface area contributed by atoms with Crippen molar-refractivity contribution in [2.24, 2.45) is 0 Å². The fourth-order valence-corrected chi connectivity index (χ4v) is 2.76. The van der Waals surface area contributed by atoms with Gasteiger partial charge in [-0.1, -0.05) is 0 Å². The van der Waals surface area contributed by atoms with Crippen LogP contribution in [0.3, 0.4) is 0 Å². The summed E-state index contributed by atoms with van der Waals surface area (Å²) in [6, 6.07) is 0.0382. The monoisotopic (exact) mass is 285 g/mol. The van der Waals surface area contributed by atoms with Gasteiger partial charge in [-0.3, -0.25) is 4.90 Å². The molecule has 0 aliphatic carbocycles. The first-order chi connectivity index (χ1) is 9.26. The second-order valence-electron chi connectivity index (χ2n) is 6.86. The lowest BCUT2D eigenvalue weighted by atomic mass is 10.1. The molecule has 0 bridgehead atoms. The summed E-state index contributed by atoms with van der Waals surface area (Å²) in [5.41, 5.74) is -0.492. The topological polar surface area (TPSA) is 56.2 Å². The second kappa shape index (κ2) is 5.87. The van der Waals surface area contributed by atoms with E-state index < -0.39 is 11.7 Å². The number of carbonyl (C=O) groups excluding carboxylic acids is 1. The average Bonchev–Trinajstić information content (AvgIpc) is 2.70. The van der Waals surface area contributed by atoms with Crippen LogP contribution in [-0.4, -0.2) is 90.0 Å². The number of piperazine rings is 1. The molecule has 2 fully saturated rings. The maximum atomic E-state index is 12.1. The van der Waals surface area contributed by atoms with Gasteiger partial charge in [0, 0.05) is 32.7 Å². The maximum absolute atomic E-state index is 12.1. The number of carbonyl (C=O) groups is 1. The van der Waals surface area contributed by atoms with Crippen molar-refractivity contribution in [3.8, 4) is 0 Å². The molecule has 0 aromatic rings. The normalized spacial score (nSPS) is 29.8. The van der Waals surface area contributed by atoms with Crippen LogP contribution in [0.25, 0.3) is 0 Å². The summed E-state index contributed by atoms with van der Waals surface area (Å²) in [6.07, 6.45) is -0.806. The lowest BCUT2D eigenvalue weighted by Crippen LogP contribution is -2.52. The van der Waals surface area contributed by atoms with Crippen LogP contribution in [0.4, 0.5) is 4.79 Å². The molecule has 2 rings (SSSR count). The minimum Gasteiger partial charge on any atom is -0.444 e. The molecule has 6 heteroatoms. The third kappa shape index (κ3) is 3.84. The number of hydrogen-bond donors (Lipinski definition) is 1. The highest BCUT2D eigenvalue weighted by Crippen LogP contribution is 2.20. The van der Waals surface area contributed by atoms with Gasteiger partial charge in [0.15, 0.2) is 0 Å². The summed E-state index contributed by atoms with van der Waals surface area (Å²) in [4.78, 5) is 18.2. The Labute approximate surface area is 121 Å². The first-order valence-electron chi connectivity index (χ1n) is 7.35. The molecule has 1 amide bonds. The van der Waals surface area contributed by atoms with Crippen molar-refractivity contribution in [1.82, 2.24) is 14.7 Å². The molecule has 0 spiro atoms. The number of nitrogens with zero attached hydrogens (tertiary/aromatic N) is 3. The van der Waals surface area contributed by atoms with E-state index in [1.165, 1.54) is 0 Å². The smallest absolute Gasteiger partial charge is 0.410 e. The number of hydrogen-bond acceptors (Lipinski definition) is 5. The summed E-state index contributed by atoms with van der Waals surface area (Å²) in [5, 5.41) is 10.2. The first kappa shape index (κ1) is 15.5. The third-order valence-corrected chi connectivity index (χ3v) is 3.92. The van der Waals surface area contributed by atoms with Crippen molar-refractivity contribution in [2.45, 2.75) is 38.5 Å². The number of ether oxygens (including phenoxy) is 1. The number of aliphatic hydroxyl groups is 1. The Kier molecular flexibility index (Phi) is 4.56. The van der Waals surface area contributed by atoms with Gasteiger partial charge in [0.05, 0.1) is 18.7 Å². The number of rotatable bonds is 1. The molecule has 2 aliphatic heterocycles. The molecule has 2 atom stereocenters. The Morgan fingerprint density at radius 2 is 1.75 bits per heavy atom. The van der Waals surface area contributed by atoms with E-state index in [1.54, 1.807) is 4.90 Å². The van der Waals surface area contributed by atoms with Crippen LogP contribution in [0, 0.1) is 0 Å². The predicted octanol–water partition coefficient (Wildman–Crippen LogP) is 0.214. The van der Waals surface area contributed by atoms with E-state index in [9.17, 15) is 9.90 Å². The zero-order valence-electron chi connectivity index (χ0n) is 13.0. The van der Waals surface area contributed by atoms with Gasteiger partial charge in [-0.05, 0) is 27.8 Å². The van der Waals surface area contributed by atoms with E-state index in [0.29, 0.717) is 13.1 Å². The lowest BCUT2D eigenvalue weighted by Gasteiger charge is -2.37. The van der Waals surface area contributed by atoms with Crippen molar-refractivity contribution in [1.29, 1.82) is 0 Å². The van der Waals surface area contributed by atoms with Gasteiger partial charge in [-0.25, -0.2) is 4.79 Å². The molecule has 0 unspecified atom stereocenters. The van der Waals surface area contributed by atoms with E-state index >= 15 is 0 Å². The highest BCUT2D eigenvalue weighted by molar-refractivity contribution is 5.68. The van der Waals surface area contributed by atoms with Gasteiger partial charge in [0.25, 0.3) is 0 Å². The molecule has 2 aliphatic rings. The van der Waals surface area contributed by atoms with E-state index in [-0.39, 0.29) is 12.1 Å². The predicted molar refractivity (Wildman–Crippen MR) is 76.7 cm³/mol. The lowest BCUT2D eigenvalue weighted by molar-refractivity contribution is 0.0268. The Balaban J connectivity index is 1.90. The number of likely N-dealkylation sites (tertiary alicyclic amines) is 1. The highest BCUT2D eigenvalue weighted by atomic mass is 16.6. The Hall–Kier alpha value is -0.850. The summed E-state index contributed by atoms with van der Waals surface area (Å²) in [6.45, 7) is 10.4. The van der Waals surface area contributed by atoms with Gasteiger partial charge in [0.1, 0.15) is 5.60 Å². The van der Waals surface area contributed by atoms with Gasteiger partial charge in [-0.15, -0.1) is 0 Å². The zero-order chi connectivity index (χ0) is 14.9. The number of likely N-dealkylation sites (N-methyl/N-ethyl adjacent to an activating group) is 1. The van der Waals surface area contributed by atoms with Crippen molar-refractivity contribution >= 4 is 6.09 Å². The molecular formula is C14H27N3O3.